The minimum Gasteiger partial charge on any atom is -0.481 e. The lowest BCUT2D eigenvalue weighted by Gasteiger charge is -2.30. The summed E-state index contributed by atoms with van der Waals surface area (Å²) in [7, 11) is 2.07. The number of carbonyl (C=O) groups excluding carboxylic acids is 1. The summed E-state index contributed by atoms with van der Waals surface area (Å²) in [5, 5.41) is 21.5. The largest absolute Gasteiger partial charge is 0.481 e. The summed E-state index contributed by atoms with van der Waals surface area (Å²) in [5.74, 6) is -1.08. The van der Waals surface area contributed by atoms with E-state index in [2.05, 4.69) is 133 Å². The first-order valence-electron chi connectivity index (χ1n) is 19.1. The lowest BCUT2D eigenvalue weighted by atomic mass is 9.95. The number of nitrogens with zero attached hydrogens (tertiary/aromatic N) is 2. The predicted molar refractivity (Wildman–Crippen MR) is 226 cm³/mol. The summed E-state index contributed by atoms with van der Waals surface area (Å²) in [6, 6.07) is 44.4. The number of unbranched alkanes of at least 4 members (excludes halogenated alkanes) is 7. The van der Waals surface area contributed by atoms with Gasteiger partial charge in [0.2, 0.25) is 0 Å². The zero-order valence-electron chi connectivity index (χ0n) is 31.3. The van der Waals surface area contributed by atoms with Crippen LogP contribution < -0.4 is 10.2 Å². The molecule has 7 heteroatoms. The molecule has 1 aliphatic rings. The number of rotatable bonds is 17. The van der Waals surface area contributed by atoms with Crippen LogP contribution in [0.4, 0.5) is 11.4 Å². The first-order valence-corrected chi connectivity index (χ1v) is 20.0. The maximum atomic E-state index is 12.9. The summed E-state index contributed by atoms with van der Waals surface area (Å²) in [6.07, 6.45) is 12.1. The fraction of sp³-hybridized carbons (Fsp3) is 0.229. The molecule has 6 rings (SSSR count). The molecule has 5 aromatic rings. The highest BCUT2D eigenvalue weighted by Gasteiger charge is 2.22. The van der Waals surface area contributed by atoms with Gasteiger partial charge in [-0.1, -0.05) is 147 Å². The molecule has 1 amide bonds. The van der Waals surface area contributed by atoms with Crippen LogP contribution in [0, 0.1) is 11.3 Å². The zero-order valence-corrected chi connectivity index (χ0v) is 32.2. The third-order valence-electron chi connectivity index (χ3n) is 9.89. The number of carboxylic acids is 1. The standard InChI is InChI=1S/C48H47N3O3S/c1-51-43-27-23-36(30-41(34-49)48(54)50-29-15-7-5-3-2-4-6-14-20-47(52)53)32-45(43)55-46-33-40(26-28-44(46)51)37-24-21-35(22-25-37)31-42(38-16-10-8-11-17-38)39-18-12-9-13-19-39/h8-13,16-19,21-28,30-33H,2-7,14-15,20,29H2,1H3,(H,50,54)(H,52,53)/b41-30+. The Morgan fingerprint density at radius 3 is 1.84 bits per heavy atom. The molecule has 2 N–H and O–H groups in total. The number of carboxylic acid groups (broad SMARTS) is 1. The van der Waals surface area contributed by atoms with E-state index in [1.165, 1.54) is 16.7 Å². The van der Waals surface area contributed by atoms with Gasteiger partial charge in [-0.2, -0.15) is 5.26 Å². The van der Waals surface area contributed by atoms with E-state index in [1.807, 2.05) is 18.2 Å². The number of benzene rings is 5. The molecule has 55 heavy (non-hydrogen) atoms. The summed E-state index contributed by atoms with van der Waals surface area (Å²) >= 11 is 1.70. The number of hydrogen-bond donors (Lipinski definition) is 2. The van der Waals surface area contributed by atoms with Crippen LogP contribution in [0.25, 0.3) is 28.9 Å². The van der Waals surface area contributed by atoms with Crippen LogP contribution in [0.1, 0.15) is 80.0 Å². The van der Waals surface area contributed by atoms with Crippen LogP contribution in [0.15, 0.2) is 137 Å². The van der Waals surface area contributed by atoms with Crippen molar-refractivity contribution >= 4 is 52.7 Å². The summed E-state index contributed by atoms with van der Waals surface area (Å²) in [6.45, 7) is 0.530. The number of nitriles is 1. The van der Waals surface area contributed by atoms with Crippen molar-refractivity contribution in [3.05, 3.63) is 149 Å². The molecular formula is C48H47N3O3S. The Bertz CT molecular complexity index is 2150. The van der Waals surface area contributed by atoms with Crippen molar-refractivity contribution in [3.63, 3.8) is 0 Å². The van der Waals surface area contributed by atoms with Gasteiger partial charge in [-0.15, -0.1) is 0 Å². The van der Waals surface area contributed by atoms with Gasteiger partial charge < -0.3 is 15.3 Å². The Morgan fingerprint density at radius 1 is 0.673 bits per heavy atom. The fourth-order valence-electron chi connectivity index (χ4n) is 6.86. The second-order valence-electron chi connectivity index (χ2n) is 13.9. The van der Waals surface area contributed by atoms with Gasteiger partial charge in [-0.25, -0.2) is 0 Å². The summed E-state index contributed by atoms with van der Waals surface area (Å²) in [5.41, 5.74) is 10.1. The molecule has 0 saturated heterocycles. The van der Waals surface area contributed by atoms with E-state index in [0.717, 1.165) is 94.8 Å². The molecular weight excluding hydrogens is 699 g/mol. The van der Waals surface area contributed by atoms with Crippen molar-refractivity contribution < 1.29 is 14.7 Å². The van der Waals surface area contributed by atoms with Crippen molar-refractivity contribution in [1.29, 1.82) is 5.26 Å². The van der Waals surface area contributed by atoms with Gasteiger partial charge in [0.25, 0.3) is 5.91 Å². The van der Waals surface area contributed by atoms with Crippen molar-refractivity contribution in [2.45, 2.75) is 67.6 Å². The Kier molecular flexibility index (Phi) is 13.8. The van der Waals surface area contributed by atoms with E-state index in [0.29, 0.717) is 6.54 Å². The number of hydrogen-bond acceptors (Lipinski definition) is 5. The number of aliphatic carboxylic acids is 1. The zero-order chi connectivity index (χ0) is 38.4. The van der Waals surface area contributed by atoms with Crippen LogP contribution in [0.2, 0.25) is 0 Å². The van der Waals surface area contributed by atoms with Crippen LogP contribution >= 0.6 is 11.8 Å². The monoisotopic (exact) mass is 745 g/mol. The minimum atomic E-state index is -0.726. The molecule has 0 aliphatic carbocycles. The van der Waals surface area contributed by atoms with Crippen LogP contribution in [-0.2, 0) is 9.59 Å². The van der Waals surface area contributed by atoms with E-state index in [4.69, 9.17) is 5.11 Å². The molecule has 6 nitrogen and oxygen atoms in total. The number of fused-ring (bicyclic) bond motifs is 2. The smallest absolute Gasteiger partial charge is 0.303 e. The van der Waals surface area contributed by atoms with Crippen LogP contribution in [0.3, 0.4) is 0 Å². The van der Waals surface area contributed by atoms with Gasteiger partial charge in [0.1, 0.15) is 11.6 Å². The Balaban J connectivity index is 1.07. The third kappa shape index (κ3) is 10.6. The lowest BCUT2D eigenvalue weighted by Crippen LogP contribution is -2.25. The molecule has 0 spiro atoms. The second kappa shape index (κ2) is 19.5. The lowest BCUT2D eigenvalue weighted by molar-refractivity contribution is -0.137. The highest BCUT2D eigenvalue weighted by molar-refractivity contribution is 7.99. The predicted octanol–water partition coefficient (Wildman–Crippen LogP) is 11.8. The molecule has 0 saturated carbocycles. The SMILES string of the molecule is CN1c2ccc(/C=C(\C#N)C(=O)NCCCCCCCCCCC(=O)O)cc2Sc2cc(-c3ccc(C=C(c4ccccc4)c4ccccc4)cc3)ccc21. The topological polar surface area (TPSA) is 93.4 Å². The summed E-state index contributed by atoms with van der Waals surface area (Å²) < 4.78 is 0. The summed E-state index contributed by atoms with van der Waals surface area (Å²) in [4.78, 5) is 27.9. The van der Waals surface area contributed by atoms with Crippen molar-refractivity contribution in [2.24, 2.45) is 0 Å². The molecule has 0 fully saturated rings. The number of anilines is 2. The van der Waals surface area contributed by atoms with Gasteiger partial charge in [-0.3, -0.25) is 9.59 Å². The van der Waals surface area contributed by atoms with Gasteiger partial charge >= 0.3 is 5.97 Å². The molecule has 1 aliphatic heterocycles. The molecule has 1 heterocycles. The van der Waals surface area contributed by atoms with Gasteiger partial charge in [0.15, 0.2) is 0 Å². The highest BCUT2D eigenvalue weighted by atomic mass is 32.2. The molecule has 0 atom stereocenters. The van der Waals surface area contributed by atoms with Gasteiger partial charge in [0, 0.05) is 29.8 Å². The van der Waals surface area contributed by atoms with E-state index in [1.54, 1.807) is 17.8 Å². The molecule has 5 aromatic carbocycles. The molecule has 0 aromatic heterocycles. The van der Waals surface area contributed by atoms with E-state index >= 15 is 0 Å². The second-order valence-corrected chi connectivity index (χ2v) is 15.0. The third-order valence-corrected chi connectivity index (χ3v) is 11.0. The quantitative estimate of drug-likeness (QED) is 0.0426. The average molecular weight is 746 g/mol. The van der Waals surface area contributed by atoms with Gasteiger partial charge in [-0.05, 0) is 88.2 Å². The fourth-order valence-corrected chi connectivity index (χ4v) is 8.10. The normalized spacial score (nSPS) is 11.9. The highest BCUT2D eigenvalue weighted by Crippen LogP contribution is 2.49. The van der Waals surface area contributed by atoms with E-state index < -0.39 is 5.97 Å². The van der Waals surface area contributed by atoms with Crippen LogP contribution in [-0.4, -0.2) is 30.6 Å². The van der Waals surface area contributed by atoms with E-state index in [9.17, 15) is 14.9 Å². The van der Waals surface area contributed by atoms with Gasteiger partial charge in [0.05, 0.1) is 11.4 Å². The Morgan fingerprint density at radius 2 is 1.22 bits per heavy atom. The Labute approximate surface area is 329 Å². The number of amides is 1. The molecule has 0 radical (unpaired) electrons. The molecule has 0 bridgehead atoms. The number of carbonyl (C=O) groups is 2. The molecule has 0 unspecified atom stereocenters. The number of nitrogens with one attached hydrogen (secondary N) is 1. The first-order chi connectivity index (χ1) is 26.9. The van der Waals surface area contributed by atoms with Crippen molar-refractivity contribution in [2.75, 3.05) is 18.5 Å². The first kappa shape index (κ1) is 38.9. The van der Waals surface area contributed by atoms with Crippen molar-refractivity contribution in [1.82, 2.24) is 5.32 Å². The van der Waals surface area contributed by atoms with Crippen molar-refractivity contribution in [3.8, 4) is 17.2 Å². The van der Waals surface area contributed by atoms with E-state index in [-0.39, 0.29) is 17.9 Å². The maximum absolute atomic E-state index is 12.9. The minimum absolute atomic E-state index is 0.0936. The maximum Gasteiger partial charge on any atom is 0.303 e. The Hall–Kier alpha value is -5.84. The van der Waals surface area contributed by atoms with Crippen LogP contribution in [0.5, 0.6) is 0 Å². The molecule has 278 valence electrons. The average Bonchev–Trinajstić information content (AvgIpc) is 3.21.